The van der Waals surface area contributed by atoms with E-state index in [0.29, 0.717) is 31.9 Å². The number of fused-ring (bicyclic) bond motifs is 2. The molecule has 0 saturated carbocycles. The van der Waals surface area contributed by atoms with Crippen molar-refractivity contribution in [3.63, 3.8) is 0 Å². The summed E-state index contributed by atoms with van der Waals surface area (Å²) in [7, 11) is 0. The number of hydrogen-bond donors (Lipinski definition) is 5. The summed E-state index contributed by atoms with van der Waals surface area (Å²) in [5, 5.41) is 27.2. The van der Waals surface area contributed by atoms with Gasteiger partial charge in [-0.2, -0.15) is 4.39 Å². The Morgan fingerprint density at radius 3 is 1.31 bits per heavy atom. The molecule has 0 radical (unpaired) electrons. The average molecular weight is 1240 g/mol. The van der Waals surface area contributed by atoms with Gasteiger partial charge in [-0.15, -0.1) is 0 Å². The molecule has 89 heavy (non-hydrogen) atoms. The first kappa shape index (κ1) is 67.1. The number of halogens is 1. The van der Waals surface area contributed by atoms with Gasteiger partial charge >= 0.3 is 17.1 Å². The number of carbonyl (C=O) groups excluding carboxylic acids is 1. The molecule has 0 fully saturated rings. The van der Waals surface area contributed by atoms with E-state index in [1.165, 1.54) is 36.2 Å². The predicted molar refractivity (Wildman–Crippen MR) is 349 cm³/mol. The minimum atomic E-state index is -0.799. The Bertz CT molecular complexity index is 4250. The number of nitro groups is 2. The molecule has 454 valence electrons. The van der Waals surface area contributed by atoms with Gasteiger partial charge in [0, 0.05) is 48.8 Å². The van der Waals surface area contributed by atoms with E-state index in [0.717, 1.165) is 68.8 Å². The van der Waals surface area contributed by atoms with Crippen LogP contribution < -0.4 is 33.5 Å². The molecule has 12 aromatic rings. The van der Waals surface area contributed by atoms with Gasteiger partial charge in [-0.1, -0.05) is 212 Å². The van der Waals surface area contributed by atoms with Crippen molar-refractivity contribution < 1.29 is 36.1 Å². The van der Waals surface area contributed by atoms with Crippen LogP contribution >= 0.6 is 0 Å². The van der Waals surface area contributed by atoms with Crippen molar-refractivity contribution in [1.82, 2.24) is 18.7 Å². The number of aromatic nitrogens is 4. The summed E-state index contributed by atoms with van der Waals surface area (Å²) in [4.78, 5) is 58.4. The molecule has 0 spiro atoms. The van der Waals surface area contributed by atoms with Gasteiger partial charge in [0.1, 0.15) is 11.5 Å². The minimum Gasteiger partial charge on any atom is -0.397 e. The monoisotopic (exact) mass is 1230 g/mol. The molecule has 17 nitrogen and oxygen atoms in total. The van der Waals surface area contributed by atoms with E-state index >= 15 is 0 Å². The van der Waals surface area contributed by atoms with Gasteiger partial charge in [0.25, 0.3) is 5.69 Å². The molecule has 12 rings (SSSR count). The van der Waals surface area contributed by atoms with Crippen LogP contribution in [0.15, 0.2) is 283 Å². The second-order valence-electron chi connectivity index (χ2n) is 19.6. The Hall–Kier alpha value is -11.0. The van der Waals surface area contributed by atoms with Crippen molar-refractivity contribution in [2.24, 2.45) is 5.73 Å². The number of ketones is 1. The first-order valence-electron chi connectivity index (χ1n) is 28.0. The number of H-pyrrole nitrogens is 1. The van der Waals surface area contributed by atoms with Crippen LogP contribution in [0.1, 0.15) is 34.7 Å². The molecular formula is C70H67FFeN10O7. The molecule has 0 unspecified atom stereocenters. The largest absolute Gasteiger partial charge is 0.397 e. The van der Waals surface area contributed by atoms with Crippen molar-refractivity contribution in [2.75, 3.05) is 16.4 Å². The first-order valence-corrected chi connectivity index (χ1v) is 28.0. The van der Waals surface area contributed by atoms with E-state index in [9.17, 15) is 39.0 Å². The van der Waals surface area contributed by atoms with Crippen molar-refractivity contribution in [2.45, 2.75) is 46.2 Å². The number of nitro benzene ring substituents is 2. The van der Waals surface area contributed by atoms with Gasteiger partial charge in [0.2, 0.25) is 5.82 Å². The summed E-state index contributed by atoms with van der Waals surface area (Å²) in [6.45, 7) is 4.73. The van der Waals surface area contributed by atoms with Gasteiger partial charge in [-0.25, -0.2) is 9.59 Å². The van der Waals surface area contributed by atoms with E-state index in [2.05, 4.69) is 27.8 Å². The van der Waals surface area contributed by atoms with E-state index in [4.69, 9.17) is 11.5 Å². The number of nitrogens with one attached hydrogen (secondary N) is 3. The number of Topliss-reactive ketones (excluding diaryl/α,β-unsaturated/α-hetero) is 1. The fraction of sp³-hybridized carbons (Fsp3) is 0.100. The predicted octanol–water partition coefficient (Wildman–Crippen LogP) is 13.8. The number of para-hydroxylation sites is 9. The van der Waals surface area contributed by atoms with Crippen LogP contribution in [-0.2, 0) is 61.1 Å². The summed E-state index contributed by atoms with van der Waals surface area (Å²) in [6, 6.07) is 84.6. The van der Waals surface area contributed by atoms with Gasteiger partial charge in [0.05, 0.1) is 62.9 Å². The molecular weight excluding hydrogens is 1170 g/mol. The molecule has 10 aromatic carbocycles. The molecule has 0 saturated heterocycles. The summed E-state index contributed by atoms with van der Waals surface area (Å²) in [6.07, 6.45) is 0. The number of nitrogens with zero attached hydrogens (tertiary/aromatic N) is 5. The number of imidazole rings is 2. The van der Waals surface area contributed by atoms with E-state index in [1.54, 1.807) is 31.9 Å². The van der Waals surface area contributed by atoms with Crippen LogP contribution in [0.2, 0.25) is 0 Å². The Kier molecular flexibility index (Phi) is 26.8. The third-order valence-corrected chi connectivity index (χ3v) is 13.2. The van der Waals surface area contributed by atoms with Crippen LogP contribution in [0.3, 0.4) is 0 Å². The Morgan fingerprint density at radius 2 is 0.854 bits per heavy atom. The van der Waals surface area contributed by atoms with Crippen LogP contribution in [0.5, 0.6) is 0 Å². The molecule has 0 bridgehead atoms. The average Bonchev–Trinajstić information content (AvgIpc) is 2.58. The summed E-state index contributed by atoms with van der Waals surface area (Å²) in [5.41, 5.74) is 22.1. The van der Waals surface area contributed by atoms with Crippen LogP contribution in [0, 0.1) is 26.0 Å². The Morgan fingerprint density at radius 1 is 0.472 bits per heavy atom. The van der Waals surface area contributed by atoms with Gasteiger partial charge < -0.3 is 27.1 Å². The molecule has 0 amide bonds. The van der Waals surface area contributed by atoms with E-state index in [-0.39, 0.29) is 51.4 Å². The van der Waals surface area contributed by atoms with Crippen molar-refractivity contribution in [3.8, 4) is 0 Å². The number of rotatable bonds is 15. The maximum Gasteiger partial charge on any atom is 0.329 e. The zero-order chi connectivity index (χ0) is 62.5. The van der Waals surface area contributed by atoms with Crippen molar-refractivity contribution in [3.05, 3.63) is 348 Å². The third kappa shape index (κ3) is 20.9. The Balaban J connectivity index is 0.000000174. The SMILES string of the molecule is CC(=O)Cn1c(=O)n(Cc2ccccc2)c2ccccc21.NCc1ccccc1.Nc1ccccc1NCc1ccccc1.O=[N+]([O-])c1ccccc1F.O=[N+]([O-])c1ccccc1NCc1ccccc1.O=c1[nH]c2ccccc2n1Cc1ccccc1.[Fe]. The zero-order valence-electron chi connectivity index (χ0n) is 48.7. The second kappa shape index (κ2) is 35.5. The number of nitrogens with two attached hydrogens (primary N) is 2. The van der Waals surface area contributed by atoms with Gasteiger partial charge in [-0.3, -0.25) is 38.7 Å². The molecule has 0 aliphatic heterocycles. The molecule has 0 atom stereocenters. The first-order chi connectivity index (χ1) is 42.8. The summed E-state index contributed by atoms with van der Waals surface area (Å²) in [5.74, 6) is -0.827. The van der Waals surface area contributed by atoms with E-state index < -0.39 is 16.4 Å². The van der Waals surface area contributed by atoms with Crippen LogP contribution in [-0.4, -0.2) is 34.3 Å². The number of nitrogen functional groups attached to an aromatic ring is 1. The summed E-state index contributed by atoms with van der Waals surface area (Å²) >= 11 is 0. The fourth-order valence-electron chi connectivity index (χ4n) is 8.84. The molecule has 2 heterocycles. The number of hydrogen-bond acceptors (Lipinski definition) is 11. The molecule has 7 N–H and O–H groups in total. The standard InChI is InChI=1S/C17H16N2O2.C14H12N2O.C13H12N2O2.C13H14N2.C7H9N.C6H4FNO2.Fe/c1-13(20)11-18-15-9-5-6-10-16(15)19(17(18)21)12-14-7-3-2-4-8-14;17-14-15-12-8-4-5-9-13(12)16(14)10-11-6-2-1-3-7-11;16-15(17)13-9-5-4-8-12(13)14-10-11-6-2-1-3-7-11;14-12-8-4-5-9-13(12)15-10-11-6-2-1-3-7-11;8-6-7-4-2-1-3-5-7;7-5-3-1-2-4-6(5)8(9)10;/h2-10H,11-12H2,1H3;1-9H,10H2,(H,15,17);1-9,14H,10H2;1-9,15H,10,14H2;1-5H,6,8H2;1-4H;. The number of aromatic amines is 1. The maximum absolute atomic E-state index is 12.6. The topological polar surface area (TPSA) is 244 Å². The van der Waals surface area contributed by atoms with Crippen molar-refractivity contribution in [1.29, 1.82) is 0 Å². The normalized spacial score (nSPS) is 10.1. The minimum absolute atomic E-state index is 0. The third-order valence-electron chi connectivity index (χ3n) is 13.2. The smallest absolute Gasteiger partial charge is 0.329 e. The molecule has 2 aromatic heterocycles. The Labute approximate surface area is 524 Å². The van der Waals surface area contributed by atoms with Crippen LogP contribution in [0.25, 0.3) is 22.1 Å². The van der Waals surface area contributed by atoms with Gasteiger partial charge in [0.15, 0.2) is 0 Å². The molecule has 0 aliphatic carbocycles. The summed E-state index contributed by atoms with van der Waals surface area (Å²) < 4.78 is 17.4. The zero-order valence-corrected chi connectivity index (χ0v) is 49.8. The fourth-order valence-corrected chi connectivity index (χ4v) is 8.84. The van der Waals surface area contributed by atoms with Crippen LogP contribution in [0.4, 0.5) is 32.8 Å². The quantitative estimate of drug-likeness (QED) is 0.0280. The van der Waals surface area contributed by atoms with Gasteiger partial charge in [-0.05, 0) is 83.3 Å². The number of benzene rings is 10. The maximum atomic E-state index is 12.6. The number of anilines is 3. The molecule has 0 aliphatic rings. The second-order valence-corrected chi connectivity index (χ2v) is 19.6. The number of carbonyl (C=O) groups is 1. The van der Waals surface area contributed by atoms with Crippen molar-refractivity contribution >= 4 is 56.3 Å². The van der Waals surface area contributed by atoms with E-state index in [1.807, 2.05) is 212 Å². The molecule has 19 heteroatoms.